The Bertz CT molecular complexity index is 5760. The van der Waals surface area contributed by atoms with E-state index in [1.165, 1.54) is 50.6 Å². The van der Waals surface area contributed by atoms with E-state index in [4.69, 9.17) is 40.2 Å². The van der Waals surface area contributed by atoms with Gasteiger partial charge in [-0.05, 0) is 268 Å². The van der Waals surface area contributed by atoms with Crippen molar-refractivity contribution in [3.8, 4) is 57.0 Å². The molecule has 7 heterocycles. The first-order valence-corrected chi connectivity index (χ1v) is 38.7. The molecule has 6 aromatic carbocycles. The lowest BCUT2D eigenvalue weighted by atomic mass is 9.72. The molecule has 646 valence electrons. The van der Waals surface area contributed by atoms with Crippen LogP contribution in [-0.4, -0.2) is 120 Å². The minimum Gasteiger partial charge on any atom is -0.478 e. The SMILES string of the molecule is COC(=O)c1ccc(C)c(-c2nc(NC(=O)C3(c4ccc5c(c4)OC(F)(F)O5)CC3)ccc2C)c1C.COC(=O)c1ccc(C)c(B2OC(C)(C)C(C)(C)O2)c1C.Cc1ccc(NC(=O)C2(c3ccc4c(c3)OC(F)(F)O4)CC2)nc1-c1c(C)ccc(C(=O)O)c1C.Cc1ccc(NC(=O)C2(c3ccc4c(c3)OC(F)(F)O4)CC2)nc1Cl.O=CC(F)(F)F. The maximum absolute atomic E-state index is 13.4. The van der Waals surface area contributed by atoms with Crippen molar-refractivity contribution in [1.29, 1.82) is 0 Å². The molecule has 9 aromatic rings. The molecule has 0 atom stereocenters. The van der Waals surface area contributed by atoms with Crippen molar-refractivity contribution in [3.63, 3.8) is 0 Å². The van der Waals surface area contributed by atoms with E-state index < -0.39 is 77.9 Å². The summed E-state index contributed by atoms with van der Waals surface area (Å²) in [5, 5.41) is 18.3. The van der Waals surface area contributed by atoms with Crippen LogP contribution >= 0.6 is 11.6 Å². The molecule has 0 spiro atoms. The minimum atomic E-state index is -4.64. The normalized spacial score (nSPS) is 17.2. The van der Waals surface area contributed by atoms with Crippen molar-refractivity contribution in [3.05, 3.63) is 216 Å². The number of pyridine rings is 3. The molecule has 0 unspecified atom stereocenters. The number of hydrogen-bond acceptors (Lipinski definition) is 20. The van der Waals surface area contributed by atoms with Crippen LogP contribution in [0.25, 0.3) is 22.5 Å². The highest BCUT2D eigenvalue weighted by Crippen LogP contribution is 2.56. The van der Waals surface area contributed by atoms with Gasteiger partial charge in [-0.1, -0.05) is 71.8 Å². The molecule has 4 fully saturated rings. The molecule has 35 heteroatoms. The number of benzene rings is 6. The third kappa shape index (κ3) is 18.9. The number of carbonyl (C=O) groups is 7. The van der Waals surface area contributed by atoms with E-state index in [0.717, 1.165) is 55.5 Å². The number of aromatic carboxylic acids is 1. The minimum absolute atomic E-state index is 0.0445. The second-order valence-corrected chi connectivity index (χ2v) is 31.8. The first kappa shape index (κ1) is 90.0. The lowest BCUT2D eigenvalue weighted by molar-refractivity contribution is -0.287. The highest BCUT2D eigenvalue weighted by Gasteiger charge is 2.57. The highest BCUT2D eigenvalue weighted by molar-refractivity contribution is 6.63. The summed E-state index contributed by atoms with van der Waals surface area (Å²) in [4.78, 5) is 97.2. The average molecular weight is 1730 g/mol. The number of methoxy groups -OCH3 is 2. The van der Waals surface area contributed by atoms with Gasteiger partial charge in [0.1, 0.15) is 22.6 Å². The Labute approximate surface area is 704 Å². The fourth-order valence-electron chi connectivity index (χ4n) is 14.5. The number of esters is 2. The molecule has 0 bridgehead atoms. The molecule has 7 aliphatic rings. The summed E-state index contributed by atoms with van der Waals surface area (Å²) in [6.07, 6.45) is -13.4. The van der Waals surface area contributed by atoms with Gasteiger partial charge in [0.2, 0.25) is 24.0 Å². The number of aromatic nitrogens is 3. The van der Waals surface area contributed by atoms with Gasteiger partial charge >= 0.3 is 50.1 Å². The van der Waals surface area contributed by atoms with Gasteiger partial charge < -0.3 is 68.3 Å². The van der Waals surface area contributed by atoms with E-state index >= 15 is 0 Å². The van der Waals surface area contributed by atoms with Crippen molar-refractivity contribution in [1.82, 2.24) is 15.0 Å². The van der Waals surface area contributed by atoms with E-state index in [2.05, 4.69) is 54.3 Å². The molecule has 4 aliphatic heterocycles. The number of carbonyl (C=O) groups excluding carboxylic acids is 6. The van der Waals surface area contributed by atoms with E-state index in [1.54, 1.807) is 73.7 Å². The summed E-state index contributed by atoms with van der Waals surface area (Å²) in [6.45, 7) is 24.9. The number of carboxylic acids is 1. The molecule has 123 heavy (non-hydrogen) atoms. The van der Waals surface area contributed by atoms with Crippen molar-refractivity contribution in [2.75, 3.05) is 30.2 Å². The number of aryl methyl sites for hydroxylation is 6. The third-order valence-electron chi connectivity index (χ3n) is 22.6. The van der Waals surface area contributed by atoms with Gasteiger partial charge in [0.25, 0.3) is 0 Å². The predicted octanol–water partition coefficient (Wildman–Crippen LogP) is 18.0. The Morgan fingerprint density at radius 3 is 1.06 bits per heavy atom. The fraction of sp³-hybridized carbons (Fsp3) is 0.341. The number of halogens is 10. The molecule has 0 radical (unpaired) electrons. The number of amides is 3. The van der Waals surface area contributed by atoms with Gasteiger partial charge in [0, 0.05) is 11.1 Å². The number of nitrogens with zero attached hydrogens (tertiary/aromatic N) is 3. The predicted molar refractivity (Wildman–Crippen MR) is 432 cm³/mol. The Morgan fingerprint density at radius 2 is 0.732 bits per heavy atom. The molecule has 3 amide bonds. The van der Waals surface area contributed by atoms with Gasteiger partial charge in [-0.25, -0.2) is 29.3 Å². The molecule has 3 aliphatic carbocycles. The average Bonchev–Trinajstić information content (AvgIpc) is 1.58. The Balaban J connectivity index is 0.000000149. The second-order valence-electron chi connectivity index (χ2n) is 31.5. The third-order valence-corrected chi connectivity index (χ3v) is 23.0. The number of nitrogens with one attached hydrogen (secondary N) is 3. The van der Waals surface area contributed by atoms with Gasteiger partial charge in [-0.2, -0.15) is 13.2 Å². The highest BCUT2D eigenvalue weighted by atomic mass is 35.5. The van der Waals surface area contributed by atoms with E-state index in [9.17, 15) is 73.4 Å². The standard InChI is InChI=1S/C27H24F2N2O5.C26H22F2N2O5.C17H13ClF2N2O3.C16H23BO4.C2HF3O/c1-14-5-8-18(24(32)34-4)16(3)22(14)23-15(2)6-10-21(30-23)31-25(33)26(11-12-26)17-7-9-19-20(13-17)36-27(28,29)35-19;1-13-4-7-17(23(31)32)15(3)21(13)22-14(2)5-9-20(29-22)30-24(33)25(10-11-25)16-6-8-18-19(12-16)35-26(27,28)34-18;1-9-2-5-13(21-14(9)18)22-15(23)16(6-7-16)10-3-4-11-12(8-10)25-17(19,20)24-11;1-10-8-9-12(14(18)19-7)11(2)13(10)17-20-15(3,4)16(5,6)21-17;3-2(4,5)1-6/h5-10,13H,11-12H2,1-4H3,(H,30,31,33);4-9,12H,10-11H2,1-3H3,(H,31,32)(H,29,30,33);2-5,8H,6-7H2,1H3,(H,21,22,23);8-9H,1-7H3;1H. The molecule has 24 nitrogen and oxygen atoms in total. The van der Waals surface area contributed by atoms with Crippen LogP contribution in [0, 0.1) is 62.3 Å². The summed E-state index contributed by atoms with van der Waals surface area (Å²) in [5.74, 6) is -2.10. The number of anilines is 3. The van der Waals surface area contributed by atoms with Crippen molar-refractivity contribution in [2.24, 2.45) is 0 Å². The maximum Gasteiger partial charge on any atom is 0.586 e. The van der Waals surface area contributed by atoms with Crippen LogP contribution in [0.4, 0.5) is 57.0 Å². The van der Waals surface area contributed by atoms with Crippen LogP contribution in [0.15, 0.2) is 127 Å². The lowest BCUT2D eigenvalue weighted by Crippen LogP contribution is -2.41. The molecular weight excluding hydrogens is 1650 g/mol. The first-order chi connectivity index (χ1) is 57.5. The largest absolute Gasteiger partial charge is 0.586 e. The first-order valence-electron chi connectivity index (χ1n) is 38.3. The van der Waals surface area contributed by atoms with Crippen LogP contribution in [0.1, 0.15) is 164 Å². The Morgan fingerprint density at radius 1 is 0.431 bits per heavy atom. The number of alkyl halides is 9. The van der Waals surface area contributed by atoms with Crippen LogP contribution < -0.4 is 49.8 Å². The summed E-state index contributed by atoms with van der Waals surface area (Å²) in [7, 11) is 2.25. The summed E-state index contributed by atoms with van der Waals surface area (Å²) < 4.78 is 160. The van der Waals surface area contributed by atoms with Crippen LogP contribution in [0.5, 0.6) is 34.5 Å². The van der Waals surface area contributed by atoms with Crippen molar-refractivity contribution < 1.29 is 125 Å². The van der Waals surface area contributed by atoms with E-state index in [1.807, 2.05) is 107 Å². The van der Waals surface area contributed by atoms with E-state index in [-0.39, 0.29) is 63.8 Å². The van der Waals surface area contributed by atoms with Gasteiger partial charge in [0.15, 0.2) is 34.5 Å². The van der Waals surface area contributed by atoms with Crippen molar-refractivity contribution >= 4 is 83.6 Å². The zero-order valence-corrected chi connectivity index (χ0v) is 69.8. The fourth-order valence-corrected chi connectivity index (χ4v) is 14.7. The number of carboxylic acid groups (broad SMARTS) is 1. The van der Waals surface area contributed by atoms with Gasteiger partial charge in [0.05, 0.1) is 69.7 Å². The van der Waals surface area contributed by atoms with Gasteiger partial charge in [-0.15, -0.1) is 26.3 Å². The molecule has 1 saturated heterocycles. The number of hydrogen-bond donors (Lipinski definition) is 4. The number of rotatable bonds is 15. The number of aldehydes is 1. The molecule has 16 rings (SSSR count). The van der Waals surface area contributed by atoms with Crippen LogP contribution in [0.2, 0.25) is 5.15 Å². The zero-order valence-electron chi connectivity index (χ0n) is 69.0. The Hall–Kier alpha value is -12.3. The Kier molecular flexibility index (Phi) is 24.5. The second kappa shape index (κ2) is 33.5. The quantitative estimate of drug-likeness (QED) is 0.0244. The molecule has 4 N–H and O–H groups in total. The molecular formula is C88H83BClF9N6O18. The summed E-state index contributed by atoms with van der Waals surface area (Å²) >= 11 is 5.97. The lowest BCUT2D eigenvalue weighted by Gasteiger charge is -2.32. The summed E-state index contributed by atoms with van der Waals surface area (Å²) in [5.41, 5.74) is 10.7. The van der Waals surface area contributed by atoms with Crippen LogP contribution in [-0.2, 0) is 54.2 Å². The van der Waals surface area contributed by atoms with Crippen molar-refractivity contribution in [2.45, 2.75) is 181 Å². The smallest absolute Gasteiger partial charge is 0.478 e. The van der Waals surface area contributed by atoms with E-state index in [0.29, 0.717) is 111 Å². The molecule has 3 saturated carbocycles. The maximum atomic E-state index is 13.4. The number of fused-ring (bicyclic) bond motifs is 3. The van der Waals surface area contributed by atoms with Gasteiger partial charge in [-0.3, -0.25) is 19.2 Å². The summed E-state index contributed by atoms with van der Waals surface area (Å²) in [6, 6.07) is 34.3. The topological polar surface area (TPSA) is 307 Å². The number of ether oxygens (including phenoxy) is 8. The zero-order chi connectivity index (χ0) is 90.0. The van der Waals surface area contributed by atoms with Crippen LogP contribution in [0.3, 0.4) is 0 Å². The molecule has 3 aromatic heterocycles. The monoisotopic (exact) mass is 1730 g/mol.